The topological polar surface area (TPSA) is 77.9 Å². The molecule has 0 spiro atoms. The van der Waals surface area contributed by atoms with Gasteiger partial charge >= 0.3 is 5.97 Å². The van der Waals surface area contributed by atoms with Gasteiger partial charge in [0, 0.05) is 22.4 Å². The van der Waals surface area contributed by atoms with E-state index in [0.29, 0.717) is 40.5 Å². The summed E-state index contributed by atoms with van der Waals surface area (Å²) in [5, 5.41) is 11.7. The summed E-state index contributed by atoms with van der Waals surface area (Å²) in [5.74, 6) is 0.380. The van der Waals surface area contributed by atoms with Crippen molar-refractivity contribution in [2.75, 3.05) is 13.7 Å². The number of benzene rings is 2. The number of rotatable bonds is 6. The van der Waals surface area contributed by atoms with Gasteiger partial charge < -0.3 is 19.3 Å². The first-order valence-electron chi connectivity index (χ1n) is 10.3. The standard InChI is InChI=1S/C24H20FNO5S2/c1-29-24(28)21-7-4-16(32-21)8-13-11-31-19-5-3-15(10-17(19)23(13)27)30-12-22-26-18-9-14(25)2-6-20(18)33-22/h2-7,9-10,13,23,27H,8,11-12H2,1H3/t13-,23-/m1/s1. The Morgan fingerprint density at radius 2 is 2.09 bits per heavy atom. The van der Waals surface area contributed by atoms with Crippen LogP contribution in [0, 0.1) is 11.7 Å². The van der Waals surface area contributed by atoms with Gasteiger partial charge in [0.05, 0.1) is 30.0 Å². The molecule has 3 heterocycles. The Balaban J connectivity index is 1.28. The largest absolute Gasteiger partial charge is 0.493 e. The van der Waals surface area contributed by atoms with Gasteiger partial charge in [-0.15, -0.1) is 22.7 Å². The number of carbonyl (C=O) groups excluding carboxylic acids is 1. The summed E-state index contributed by atoms with van der Waals surface area (Å²) < 4.78 is 30.8. The fourth-order valence-electron chi connectivity index (χ4n) is 3.80. The van der Waals surface area contributed by atoms with E-state index in [9.17, 15) is 14.3 Å². The molecule has 0 bridgehead atoms. The zero-order valence-electron chi connectivity index (χ0n) is 17.6. The molecule has 1 aliphatic rings. The molecular weight excluding hydrogens is 465 g/mol. The minimum atomic E-state index is -0.730. The van der Waals surface area contributed by atoms with E-state index in [0.717, 1.165) is 14.6 Å². The summed E-state index contributed by atoms with van der Waals surface area (Å²) in [5.41, 5.74) is 1.28. The van der Waals surface area contributed by atoms with Gasteiger partial charge in [0.1, 0.15) is 33.8 Å². The number of carbonyl (C=O) groups is 1. The van der Waals surface area contributed by atoms with Gasteiger partial charge in [0.15, 0.2) is 0 Å². The molecule has 0 amide bonds. The fourth-order valence-corrected chi connectivity index (χ4v) is 5.68. The number of methoxy groups -OCH3 is 1. The zero-order valence-corrected chi connectivity index (χ0v) is 19.2. The first-order chi connectivity index (χ1) is 16.0. The molecule has 0 aliphatic carbocycles. The van der Waals surface area contributed by atoms with Crippen LogP contribution in [0.15, 0.2) is 48.5 Å². The van der Waals surface area contributed by atoms with Gasteiger partial charge in [-0.25, -0.2) is 14.2 Å². The normalized spacial score (nSPS) is 17.4. The van der Waals surface area contributed by atoms with Crippen molar-refractivity contribution in [1.82, 2.24) is 4.98 Å². The summed E-state index contributed by atoms with van der Waals surface area (Å²) in [6.07, 6.45) is -0.151. The van der Waals surface area contributed by atoms with Crippen molar-refractivity contribution in [3.63, 3.8) is 0 Å². The molecule has 2 aromatic carbocycles. The van der Waals surface area contributed by atoms with Crippen molar-refractivity contribution < 1.29 is 28.5 Å². The van der Waals surface area contributed by atoms with Crippen molar-refractivity contribution in [2.24, 2.45) is 5.92 Å². The molecule has 5 rings (SSSR count). The van der Waals surface area contributed by atoms with E-state index < -0.39 is 6.10 Å². The second-order valence-electron chi connectivity index (χ2n) is 7.69. The Kier molecular flexibility index (Phi) is 6.01. The Labute approximate surface area is 197 Å². The Morgan fingerprint density at radius 3 is 2.94 bits per heavy atom. The molecular formula is C24H20FNO5S2. The van der Waals surface area contributed by atoms with E-state index in [-0.39, 0.29) is 24.3 Å². The lowest BCUT2D eigenvalue weighted by atomic mass is 9.90. The van der Waals surface area contributed by atoms with E-state index >= 15 is 0 Å². The van der Waals surface area contributed by atoms with Gasteiger partial charge in [-0.2, -0.15) is 0 Å². The molecule has 0 fully saturated rings. The molecule has 1 aliphatic heterocycles. The summed E-state index contributed by atoms with van der Waals surface area (Å²) in [4.78, 5) is 17.6. The predicted molar refractivity (Wildman–Crippen MR) is 124 cm³/mol. The fraction of sp³-hybridized carbons (Fsp3) is 0.250. The molecule has 6 nitrogen and oxygen atoms in total. The van der Waals surface area contributed by atoms with Crippen LogP contribution in [0.25, 0.3) is 10.2 Å². The minimum absolute atomic E-state index is 0.156. The molecule has 0 saturated heterocycles. The number of aliphatic hydroxyl groups excluding tert-OH is 1. The van der Waals surface area contributed by atoms with Crippen LogP contribution >= 0.6 is 22.7 Å². The SMILES string of the molecule is COC(=O)c1ccc(C[C@@H]2COc3ccc(OCc4nc5cc(F)ccc5s4)cc3[C@@H]2O)s1. The zero-order chi connectivity index (χ0) is 22.9. The van der Waals surface area contributed by atoms with Crippen molar-refractivity contribution >= 4 is 38.9 Å². The molecule has 170 valence electrons. The highest BCUT2D eigenvalue weighted by Crippen LogP contribution is 2.39. The smallest absolute Gasteiger partial charge is 0.348 e. The maximum absolute atomic E-state index is 13.4. The number of nitrogens with zero attached hydrogens (tertiary/aromatic N) is 1. The van der Waals surface area contributed by atoms with Crippen LogP contribution in [0.5, 0.6) is 11.5 Å². The molecule has 0 saturated carbocycles. The van der Waals surface area contributed by atoms with Crippen LogP contribution in [-0.2, 0) is 17.8 Å². The van der Waals surface area contributed by atoms with Gasteiger partial charge in [-0.05, 0) is 48.9 Å². The van der Waals surface area contributed by atoms with Crippen molar-refractivity contribution in [1.29, 1.82) is 0 Å². The van der Waals surface area contributed by atoms with E-state index in [1.165, 1.54) is 41.9 Å². The van der Waals surface area contributed by atoms with E-state index in [1.54, 1.807) is 30.3 Å². The lowest BCUT2D eigenvalue weighted by Crippen LogP contribution is -2.27. The summed E-state index contributed by atoms with van der Waals surface area (Å²) in [7, 11) is 1.35. The third-order valence-electron chi connectivity index (χ3n) is 5.47. The Hall–Kier alpha value is -3.01. The van der Waals surface area contributed by atoms with Crippen LogP contribution in [0.4, 0.5) is 4.39 Å². The summed E-state index contributed by atoms with van der Waals surface area (Å²) in [6.45, 7) is 0.619. The number of hydrogen-bond acceptors (Lipinski definition) is 8. The maximum Gasteiger partial charge on any atom is 0.348 e. The molecule has 4 aromatic rings. The van der Waals surface area contributed by atoms with E-state index in [2.05, 4.69) is 4.98 Å². The second-order valence-corrected chi connectivity index (χ2v) is 9.97. The monoisotopic (exact) mass is 485 g/mol. The van der Waals surface area contributed by atoms with Crippen LogP contribution < -0.4 is 9.47 Å². The first kappa shape index (κ1) is 21.8. The van der Waals surface area contributed by atoms with Gasteiger partial charge in [0.2, 0.25) is 0 Å². The number of aliphatic hydroxyl groups is 1. The molecule has 9 heteroatoms. The van der Waals surface area contributed by atoms with Crippen LogP contribution in [0.1, 0.15) is 31.2 Å². The highest BCUT2D eigenvalue weighted by Gasteiger charge is 2.30. The quantitative estimate of drug-likeness (QED) is 0.381. The second kappa shape index (κ2) is 9.09. The number of aromatic nitrogens is 1. The highest BCUT2D eigenvalue weighted by molar-refractivity contribution is 7.18. The number of ether oxygens (including phenoxy) is 3. The number of hydrogen-bond donors (Lipinski definition) is 1. The number of esters is 1. The number of thiophene rings is 1. The highest BCUT2D eigenvalue weighted by atomic mass is 32.1. The lowest BCUT2D eigenvalue weighted by Gasteiger charge is -2.30. The summed E-state index contributed by atoms with van der Waals surface area (Å²) >= 11 is 2.81. The average molecular weight is 486 g/mol. The average Bonchev–Trinajstić information content (AvgIpc) is 3.45. The predicted octanol–water partition coefficient (Wildman–Crippen LogP) is 5.15. The van der Waals surface area contributed by atoms with E-state index in [1.807, 2.05) is 6.07 Å². The number of fused-ring (bicyclic) bond motifs is 2. The Bertz CT molecular complexity index is 1320. The van der Waals surface area contributed by atoms with Gasteiger partial charge in [0.25, 0.3) is 0 Å². The third-order valence-corrected chi connectivity index (χ3v) is 7.56. The third kappa shape index (κ3) is 4.57. The molecule has 2 aromatic heterocycles. The number of thiazole rings is 1. The van der Waals surface area contributed by atoms with Gasteiger partial charge in [-0.3, -0.25) is 0 Å². The maximum atomic E-state index is 13.4. The molecule has 0 unspecified atom stereocenters. The molecule has 0 radical (unpaired) electrons. The molecule has 33 heavy (non-hydrogen) atoms. The lowest BCUT2D eigenvalue weighted by molar-refractivity contribution is 0.0508. The van der Waals surface area contributed by atoms with Crippen molar-refractivity contribution in [3.8, 4) is 11.5 Å². The molecule has 2 atom stereocenters. The van der Waals surface area contributed by atoms with Crippen LogP contribution in [0.3, 0.4) is 0 Å². The van der Waals surface area contributed by atoms with Crippen LogP contribution in [0.2, 0.25) is 0 Å². The Morgan fingerprint density at radius 1 is 1.21 bits per heavy atom. The van der Waals surface area contributed by atoms with Gasteiger partial charge in [-0.1, -0.05) is 0 Å². The number of halogens is 1. The minimum Gasteiger partial charge on any atom is -0.493 e. The van der Waals surface area contributed by atoms with E-state index in [4.69, 9.17) is 14.2 Å². The van der Waals surface area contributed by atoms with Crippen molar-refractivity contribution in [2.45, 2.75) is 19.1 Å². The van der Waals surface area contributed by atoms with Crippen LogP contribution in [-0.4, -0.2) is 29.8 Å². The summed E-state index contributed by atoms with van der Waals surface area (Å²) in [6, 6.07) is 13.5. The van der Waals surface area contributed by atoms with Crippen molar-refractivity contribution in [3.05, 3.63) is 74.7 Å². The molecule has 1 N–H and O–H groups in total. The first-order valence-corrected chi connectivity index (χ1v) is 11.9.